The zero-order valence-electron chi connectivity index (χ0n) is 7.51. The Morgan fingerprint density at radius 3 is 1.79 bits per heavy atom. The van der Waals surface area contributed by atoms with Crippen LogP contribution in [0.15, 0.2) is 0 Å². The van der Waals surface area contributed by atoms with E-state index in [1.54, 1.807) is 0 Å². The first-order chi connectivity index (χ1) is 6.41. The van der Waals surface area contributed by atoms with Crippen molar-refractivity contribution in [3.8, 4) is 0 Å². The fourth-order valence-electron chi connectivity index (χ4n) is 0.911. The van der Waals surface area contributed by atoms with Crippen molar-refractivity contribution in [1.29, 1.82) is 0 Å². The highest BCUT2D eigenvalue weighted by Crippen LogP contribution is 2.04. The molecule has 2 aliphatic heterocycles. The maximum Gasteiger partial charge on any atom is 0.267 e. The molecule has 0 N–H and O–H groups in total. The van der Waals surface area contributed by atoms with Gasteiger partial charge in [0.05, 0.1) is 24.7 Å². The number of rotatable bonds is 0. The average Bonchev–Trinajstić information content (AvgIpc) is 2.60. The average molecular weight is 244 g/mol. The summed E-state index contributed by atoms with van der Waals surface area (Å²) in [6.07, 6.45) is 0.655. The molecule has 0 amide bonds. The highest BCUT2D eigenvalue weighted by molar-refractivity contribution is 7.91. The predicted octanol–water partition coefficient (Wildman–Crippen LogP) is -0.875. The zero-order valence-corrected chi connectivity index (χ0v) is 9.14. The van der Waals surface area contributed by atoms with Crippen LogP contribution < -0.4 is 0 Å². The Morgan fingerprint density at radius 2 is 1.64 bits per heavy atom. The molecule has 6 nitrogen and oxygen atoms in total. The lowest BCUT2D eigenvalue weighted by atomic mass is 10.5. The molecule has 2 aliphatic rings. The summed E-state index contributed by atoms with van der Waals surface area (Å²) in [7, 11) is -5.81. The largest absolute Gasteiger partial charge is 0.365 e. The van der Waals surface area contributed by atoms with Gasteiger partial charge in [-0.05, 0) is 6.42 Å². The predicted molar refractivity (Wildman–Crippen MR) is 49.0 cm³/mol. The molecule has 0 saturated carbocycles. The van der Waals surface area contributed by atoms with Crippen molar-refractivity contribution in [3.63, 3.8) is 0 Å². The van der Waals surface area contributed by atoms with Crippen LogP contribution in [0.25, 0.3) is 0 Å². The normalized spacial score (nSPS) is 28.0. The second kappa shape index (κ2) is 4.56. The Kier molecular flexibility index (Phi) is 3.87. The lowest BCUT2D eigenvalue weighted by Crippen LogP contribution is -1.99. The molecule has 2 fully saturated rings. The Bertz CT molecular complexity index is 305. The van der Waals surface area contributed by atoms with Gasteiger partial charge in [0.15, 0.2) is 9.84 Å². The van der Waals surface area contributed by atoms with Gasteiger partial charge in [-0.15, -0.1) is 0 Å². The first-order valence-electron chi connectivity index (χ1n) is 4.07. The standard InChI is InChI=1S/2C3H6O3S/c4-7(5)2-1-6-3-7;4-7(5)3-1-2-6-7/h2*1-3H2. The molecular formula is C6H12O6S2. The summed E-state index contributed by atoms with van der Waals surface area (Å²) in [6, 6.07) is 0. The molecule has 84 valence electrons. The first-order valence-corrected chi connectivity index (χ1v) is 7.46. The highest BCUT2D eigenvalue weighted by atomic mass is 32.2. The molecule has 0 aromatic carbocycles. The Balaban J connectivity index is 0.000000140. The summed E-state index contributed by atoms with van der Waals surface area (Å²) in [5.41, 5.74) is 0. The molecule has 2 rings (SSSR count). The number of hydrogen-bond acceptors (Lipinski definition) is 6. The van der Waals surface area contributed by atoms with Gasteiger partial charge < -0.3 is 4.74 Å². The Labute approximate surface area is 83.2 Å². The van der Waals surface area contributed by atoms with Gasteiger partial charge in [0.25, 0.3) is 10.1 Å². The lowest BCUT2D eigenvalue weighted by molar-refractivity contribution is 0.215. The summed E-state index contributed by atoms with van der Waals surface area (Å²) in [4.78, 5) is 0. The second-order valence-electron chi connectivity index (χ2n) is 2.91. The Morgan fingerprint density at radius 1 is 0.929 bits per heavy atom. The van der Waals surface area contributed by atoms with E-state index in [9.17, 15) is 16.8 Å². The van der Waals surface area contributed by atoms with Crippen LogP contribution in [0.1, 0.15) is 6.42 Å². The van der Waals surface area contributed by atoms with Crippen LogP contribution in [-0.2, 0) is 28.9 Å². The fraction of sp³-hybridized carbons (Fsp3) is 1.00. The van der Waals surface area contributed by atoms with Gasteiger partial charge >= 0.3 is 0 Å². The van der Waals surface area contributed by atoms with Gasteiger partial charge in [0.2, 0.25) is 0 Å². The van der Waals surface area contributed by atoms with E-state index in [2.05, 4.69) is 8.92 Å². The molecule has 0 unspecified atom stereocenters. The minimum Gasteiger partial charge on any atom is -0.365 e. The molecule has 0 aromatic rings. The van der Waals surface area contributed by atoms with E-state index in [4.69, 9.17) is 0 Å². The van der Waals surface area contributed by atoms with E-state index < -0.39 is 20.0 Å². The van der Waals surface area contributed by atoms with Gasteiger partial charge in [-0.2, -0.15) is 8.42 Å². The first kappa shape index (κ1) is 11.9. The molecule has 0 spiro atoms. The van der Waals surface area contributed by atoms with Crippen LogP contribution in [0.2, 0.25) is 0 Å². The summed E-state index contributed by atoms with van der Waals surface area (Å²) < 4.78 is 49.9. The third kappa shape index (κ3) is 4.36. The van der Waals surface area contributed by atoms with Crippen LogP contribution >= 0.6 is 0 Å². The van der Waals surface area contributed by atoms with Crippen LogP contribution in [0.5, 0.6) is 0 Å². The molecule has 0 atom stereocenters. The van der Waals surface area contributed by atoms with Crippen molar-refractivity contribution in [2.24, 2.45) is 0 Å². The van der Waals surface area contributed by atoms with Gasteiger partial charge in [-0.25, -0.2) is 8.42 Å². The minimum atomic E-state index is -3.05. The molecule has 8 heteroatoms. The van der Waals surface area contributed by atoms with Gasteiger partial charge in [0, 0.05) is 0 Å². The number of ether oxygens (including phenoxy) is 1. The smallest absolute Gasteiger partial charge is 0.267 e. The lowest BCUT2D eigenvalue weighted by Gasteiger charge is -1.83. The van der Waals surface area contributed by atoms with E-state index in [1.165, 1.54) is 0 Å². The van der Waals surface area contributed by atoms with Crippen molar-refractivity contribution in [3.05, 3.63) is 0 Å². The number of hydrogen-bond donors (Lipinski definition) is 0. The van der Waals surface area contributed by atoms with Crippen LogP contribution in [0, 0.1) is 0 Å². The maximum atomic E-state index is 10.3. The zero-order chi connectivity index (χ0) is 10.7. The van der Waals surface area contributed by atoms with E-state index in [0.29, 0.717) is 19.6 Å². The van der Waals surface area contributed by atoms with E-state index >= 15 is 0 Å². The van der Waals surface area contributed by atoms with Crippen LogP contribution in [0.4, 0.5) is 0 Å². The quantitative estimate of drug-likeness (QED) is 0.515. The molecular weight excluding hydrogens is 232 g/mol. The second-order valence-corrected chi connectivity index (χ2v) is 6.80. The van der Waals surface area contributed by atoms with Crippen molar-refractivity contribution < 1.29 is 25.8 Å². The van der Waals surface area contributed by atoms with Crippen molar-refractivity contribution >= 4 is 20.0 Å². The van der Waals surface area contributed by atoms with Crippen LogP contribution in [-0.4, -0.2) is 47.5 Å². The molecule has 14 heavy (non-hydrogen) atoms. The van der Waals surface area contributed by atoms with E-state index in [1.807, 2.05) is 0 Å². The van der Waals surface area contributed by atoms with Crippen LogP contribution in [0.3, 0.4) is 0 Å². The van der Waals surface area contributed by atoms with E-state index in [-0.39, 0.29) is 17.4 Å². The summed E-state index contributed by atoms with van der Waals surface area (Å²) in [5, 5.41) is 0. The van der Waals surface area contributed by atoms with Gasteiger partial charge in [-0.3, -0.25) is 4.18 Å². The minimum absolute atomic E-state index is 0.0764. The highest BCUT2D eigenvalue weighted by Gasteiger charge is 2.17. The SMILES string of the molecule is O=S1(=O)CCCO1.O=S1(=O)CCOC1. The summed E-state index contributed by atoms with van der Waals surface area (Å²) >= 11 is 0. The third-order valence-electron chi connectivity index (χ3n) is 1.60. The summed E-state index contributed by atoms with van der Waals surface area (Å²) in [5.74, 6) is 0.326. The topological polar surface area (TPSA) is 86.7 Å². The molecule has 2 saturated heterocycles. The Hall–Kier alpha value is -0.180. The molecule has 0 radical (unpaired) electrons. The summed E-state index contributed by atoms with van der Waals surface area (Å²) in [6.45, 7) is 0.755. The van der Waals surface area contributed by atoms with Crippen molar-refractivity contribution in [2.75, 3.05) is 30.7 Å². The third-order valence-corrected chi connectivity index (χ3v) is 4.23. The van der Waals surface area contributed by atoms with Gasteiger partial charge in [-0.1, -0.05) is 0 Å². The van der Waals surface area contributed by atoms with E-state index in [0.717, 1.165) is 0 Å². The van der Waals surface area contributed by atoms with Crippen molar-refractivity contribution in [1.82, 2.24) is 0 Å². The van der Waals surface area contributed by atoms with Crippen molar-refractivity contribution in [2.45, 2.75) is 6.42 Å². The molecule has 2 heterocycles. The maximum absolute atomic E-state index is 10.3. The monoisotopic (exact) mass is 244 g/mol. The fourth-order valence-corrected chi connectivity index (χ4v) is 2.73. The number of sulfone groups is 1. The van der Waals surface area contributed by atoms with Gasteiger partial charge in [0.1, 0.15) is 5.94 Å². The molecule has 0 aliphatic carbocycles. The molecule has 0 bridgehead atoms. The molecule has 0 aromatic heterocycles.